The van der Waals surface area contributed by atoms with Crippen LogP contribution in [0.3, 0.4) is 0 Å². The van der Waals surface area contributed by atoms with E-state index < -0.39 is 47.7 Å². The first kappa shape index (κ1) is 30.0. The smallest absolute Gasteiger partial charge is 0.378 e. The number of halogens is 6. The second-order valence-electron chi connectivity index (χ2n) is 9.51. The molecule has 218 valence electrons. The van der Waals surface area contributed by atoms with Crippen molar-refractivity contribution in [1.82, 2.24) is 15.5 Å². The van der Waals surface area contributed by atoms with E-state index in [4.69, 9.17) is 16.3 Å². The predicted octanol–water partition coefficient (Wildman–Crippen LogP) is 3.55. The molecule has 0 aromatic heterocycles. The molecule has 2 heterocycles. The fourth-order valence-corrected chi connectivity index (χ4v) is 4.67. The average Bonchev–Trinajstić information content (AvgIpc) is 2.94. The van der Waals surface area contributed by atoms with Gasteiger partial charge in [0.1, 0.15) is 6.04 Å². The third kappa shape index (κ3) is 7.80. The maximum atomic E-state index is 14.9. The van der Waals surface area contributed by atoms with E-state index in [0.717, 1.165) is 6.07 Å². The zero-order valence-corrected chi connectivity index (χ0v) is 22.2. The summed E-state index contributed by atoms with van der Waals surface area (Å²) in [4.78, 5) is 28.7. The highest BCUT2D eigenvalue weighted by Gasteiger charge is 2.29. The SMILES string of the molecule is O=C(Nc1ccc(Cl)cc1N1CCN(CCC(F)(F)F)CC1)c1ccc(CNC(=O)C2COCCN2)c(F)c1F. The zero-order valence-electron chi connectivity index (χ0n) is 21.4. The predicted molar refractivity (Wildman–Crippen MR) is 140 cm³/mol. The number of hydrogen-bond acceptors (Lipinski definition) is 6. The number of nitrogens with one attached hydrogen (secondary N) is 3. The molecule has 2 aliphatic heterocycles. The molecule has 0 spiro atoms. The zero-order chi connectivity index (χ0) is 28.9. The van der Waals surface area contributed by atoms with Gasteiger partial charge in [-0.3, -0.25) is 14.5 Å². The second-order valence-corrected chi connectivity index (χ2v) is 9.95. The van der Waals surface area contributed by atoms with Crippen molar-refractivity contribution in [2.24, 2.45) is 0 Å². The van der Waals surface area contributed by atoms with E-state index in [1.165, 1.54) is 18.2 Å². The number of benzene rings is 2. The van der Waals surface area contributed by atoms with E-state index in [1.807, 2.05) is 4.90 Å². The lowest BCUT2D eigenvalue weighted by molar-refractivity contribution is -0.138. The third-order valence-corrected chi connectivity index (χ3v) is 6.97. The highest BCUT2D eigenvalue weighted by molar-refractivity contribution is 6.31. The summed E-state index contributed by atoms with van der Waals surface area (Å²) in [5.74, 6) is -3.94. The number of amides is 2. The minimum Gasteiger partial charge on any atom is -0.378 e. The van der Waals surface area contributed by atoms with Crippen LogP contribution in [0.5, 0.6) is 0 Å². The van der Waals surface area contributed by atoms with E-state index in [0.29, 0.717) is 50.0 Å². The Morgan fingerprint density at radius 3 is 2.50 bits per heavy atom. The molecule has 1 unspecified atom stereocenters. The fraction of sp³-hybridized carbons (Fsp3) is 0.462. The van der Waals surface area contributed by atoms with Gasteiger partial charge in [0.05, 0.1) is 36.6 Å². The number of rotatable bonds is 8. The number of carbonyl (C=O) groups is 2. The van der Waals surface area contributed by atoms with Crippen LogP contribution in [-0.2, 0) is 16.1 Å². The summed E-state index contributed by atoms with van der Waals surface area (Å²) in [6.45, 7) is 2.27. The molecule has 0 radical (unpaired) electrons. The van der Waals surface area contributed by atoms with Crippen LogP contribution >= 0.6 is 11.6 Å². The van der Waals surface area contributed by atoms with Gasteiger partial charge in [-0.1, -0.05) is 17.7 Å². The minimum atomic E-state index is -4.23. The van der Waals surface area contributed by atoms with E-state index in [1.54, 1.807) is 11.0 Å². The topological polar surface area (TPSA) is 85.9 Å². The number of nitrogens with zero attached hydrogens (tertiary/aromatic N) is 2. The van der Waals surface area contributed by atoms with Gasteiger partial charge in [0.15, 0.2) is 11.6 Å². The number of carbonyl (C=O) groups excluding carboxylic acids is 2. The molecule has 2 amide bonds. The Bertz CT molecular complexity index is 1220. The Kier molecular flexibility index (Phi) is 9.82. The molecule has 2 aromatic carbocycles. The van der Waals surface area contributed by atoms with E-state index in [-0.39, 0.29) is 30.9 Å². The Morgan fingerprint density at radius 2 is 1.82 bits per heavy atom. The van der Waals surface area contributed by atoms with Gasteiger partial charge in [0.25, 0.3) is 5.91 Å². The average molecular weight is 590 g/mol. The van der Waals surface area contributed by atoms with Crippen LogP contribution in [0.15, 0.2) is 30.3 Å². The lowest BCUT2D eigenvalue weighted by atomic mass is 10.1. The van der Waals surface area contributed by atoms with E-state index in [9.17, 15) is 31.5 Å². The first-order valence-corrected chi connectivity index (χ1v) is 13.1. The molecule has 1 atom stereocenters. The van der Waals surface area contributed by atoms with Crippen LogP contribution in [0.1, 0.15) is 22.3 Å². The number of morpholine rings is 1. The number of anilines is 2. The summed E-state index contributed by atoms with van der Waals surface area (Å²) in [6, 6.07) is 6.40. The van der Waals surface area contributed by atoms with Gasteiger partial charge < -0.3 is 25.6 Å². The number of piperazine rings is 1. The maximum absolute atomic E-state index is 14.9. The standard InChI is InChI=1S/C26H29ClF5N5O3/c27-17-2-4-19(21(13-17)37-10-8-36(9-11-37)7-5-26(30,31)32)35-24(38)18-3-1-16(22(28)23(18)29)14-34-25(39)20-15-40-12-6-33-20/h1-4,13,20,33H,5-12,14-15H2,(H,34,39)(H,35,38). The van der Waals surface area contributed by atoms with Crippen LogP contribution in [0.25, 0.3) is 0 Å². The van der Waals surface area contributed by atoms with Crippen molar-refractivity contribution >= 4 is 34.8 Å². The molecule has 14 heteroatoms. The molecule has 2 aromatic rings. The first-order chi connectivity index (χ1) is 19.0. The summed E-state index contributed by atoms with van der Waals surface area (Å²) < 4.78 is 72.6. The van der Waals surface area contributed by atoms with E-state index in [2.05, 4.69) is 16.0 Å². The molecule has 2 aliphatic rings. The lowest BCUT2D eigenvalue weighted by Crippen LogP contribution is -2.51. The van der Waals surface area contributed by atoms with Crippen LogP contribution in [0, 0.1) is 11.6 Å². The van der Waals surface area contributed by atoms with Crippen molar-refractivity contribution in [2.75, 3.05) is 62.7 Å². The molecule has 40 heavy (non-hydrogen) atoms. The third-order valence-electron chi connectivity index (χ3n) is 6.73. The van der Waals surface area contributed by atoms with Crippen LogP contribution < -0.4 is 20.9 Å². The lowest BCUT2D eigenvalue weighted by Gasteiger charge is -2.37. The fourth-order valence-electron chi connectivity index (χ4n) is 4.50. The molecular formula is C26H29ClF5N5O3. The van der Waals surface area contributed by atoms with Crippen molar-refractivity contribution in [3.05, 3.63) is 58.1 Å². The summed E-state index contributed by atoms with van der Waals surface area (Å²) in [5, 5.41) is 8.44. The normalized spacial score (nSPS) is 18.4. The highest BCUT2D eigenvalue weighted by Crippen LogP contribution is 2.31. The largest absolute Gasteiger partial charge is 0.390 e. The molecule has 8 nitrogen and oxygen atoms in total. The second kappa shape index (κ2) is 13.1. The van der Waals surface area contributed by atoms with Crippen molar-refractivity contribution < 1.29 is 36.3 Å². The Labute approximate surface area is 232 Å². The molecule has 4 rings (SSSR count). The van der Waals surface area contributed by atoms with Crippen molar-refractivity contribution in [2.45, 2.75) is 25.2 Å². The molecule has 3 N–H and O–H groups in total. The van der Waals surface area contributed by atoms with Gasteiger partial charge in [-0.2, -0.15) is 13.2 Å². The Hall–Kier alpha value is -3.00. The molecule has 0 bridgehead atoms. The van der Waals surface area contributed by atoms with Crippen molar-refractivity contribution in [3.63, 3.8) is 0 Å². The number of hydrogen-bond donors (Lipinski definition) is 3. The summed E-state index contributed by atoms with van der Waals surface area (Å²) in [5.41, 5.74) is 0.135. The van der Waals surface area contributed by atoms with Crippen molar-refractivity contribution in [1.29, 1.82) is 0 Å². The van der Waals surface area contributed by atoms with Gasteiger partial charge in [0, 0.05) is 56.4 Å². The molecular weight excluding hydrogens is 561 g/mol. The summed E-state index contributed by atoms with van der Waals surface area (Å²) in [6.07, 6.45) is -5.13. The number of alkyl halides is 3. The van der Waals surface area contributed by atoms with Gasteiger partial charge >= 0.3 is 6.18 Å². The monoisotopic (exact) mass is 589 g/mol. The molecule has 2 fully saturated rings. The van der Waals surface area contributed by atoms with Gasteiger partial charge in [-0.15, -0.1) is 0 Å². The molecule has 0 aliphatic carbocycles. The van der Waals surface area contributed by atoms with Gasteiger partial charge in [-0.05, 0) is 24.3 Å². The Morgan fingerprint density at radius 1 is 1.07 bits per heavy atom. The highest BCUT2D eigenvalue weighted by atomic mass is 35.5. The van der Waals surface area contributed by atoms with Crippen LogP contribution in [0.4, 0.5) is 33.3 Å². The summed E-state index contributed by atoms with van der Waals surface area (Å²) >= 11 is 6.16. The minimum absolute atomic E-state index is 0.104. The molecule has 0 saturated carbocycles. The van der Waals surface area contributed by atoms with Crippen LogP contribution in [0.2, 0.25) is 5.02 Å². The molecule has 2 saturated heterocycles. The van der Waals surface area contributed by atoms with Gasteiger partial charge in [0.2, 0.25) is 5.91 Å². The van der Waals surface area contributed by atoms with Crippen molar-refractivity contribution in [3.8, 4) is 0 Å². The number of ether oxygens (including phenoxy) is 1. The van der Waals surface area contributed by atoms with Crippen LogP contribution in [-0.4, -0.2) is 81.4 Å². The summed E-state index contributed by atoms with van der Waals surface area (Å²) in [7, 11) is 0. The van der Waals surface area contributed by atoms with Gasteiger partial charge in [-0.25, -0.2) is 8.78 Å². The first-order valence-electron chi connectivity index (χ1n) is 12.7. The maximum Gasteiger partial charge on any atom is 0.390 e. The Balaban J connectivity index is 1.40. The quantitative estimate of drug-likeness (QED) is 0.409. The van der Waals surface area contributed by atoms with E-state index >= 15 is 0 Å².